The Hall–Kier alpha value is -2.66. The third-order valence-electron chi connectivity index (χ3n) is 3.71. The fourth-order valence-corrected chi connectivity index (χ4v) is 2.97. The van der Waals surface area contributed by atoms with E-state index in [0.29, 0.717) is 17.9 Å². The van der Waals surface area contributed by atoms with Crippen LogP contribution in [0.1, 0.15) is 21.5 Å². The molecule has 4 nitrogen and oxygen atoms in total. The van der Waals surface area contributed by atoms with Gasteiger partial charge in [-0.25, -0.2) is 4.98 Å². The molecule has 5 heteroatoms. The first-order chi connectivity index (χ1) is 12.1. The van der Waals surface area contributed by atoms with Gasteiger partial charge in [0.05, 0.1) is 5.69 Å². The highest BCUT2D eigenvalue weighted by Crippen LogP contribution is 2.26. The Kier molecular flexibility index (Phi) is 5.46. The van der Waals surface area contributed by atoms with E-state index in [-0.39, 0.29) is 5.91 Å². The molecular formula is C20H18BrN3O. The summed E-state index contributed by atoms with van der Waals surface area (Å²) >= 11 is 3.53. The molecule has 0 bridgehead atoms. The fraction of sp³-hybridized carbons (Fsp3) is 0.100. The number of carbonyl (C=O) groups excluding carboxylic acids is 1. The number of benzene rings is 2. The van der Waals surface area contributed by atoms with E-state index in [1.165, 1.54) is 5.56 Å². The van der Waals surface area contributed by atoms with Crippen LogP contribution in [0.5, 0.6) is 0 Å². The van der Waals surface area contributed by atoms with Gasteiger partial charge in [-0.2, -0.15) is 0 Å². The van der Waals surface area contributed by atoms with Crippen LogP contribution in [0.3, 0.4) is 0 Å². The first kappa shape index (κ1) is 17.2. The van der Waals surface area contributed by atoms with E-state index < -0.39 is 0 Å². The van der Waals surface area contributed by atoms with Gasteiger partial charge < -0.3 is 10.6 Å². The molecular weight excluding hydrogens is 378 g/mol. The number of aryl methyl sites for hydroxylation is 1. The van der Waals surface area contributed by atoms with Crippen molar-refractivity contribution in [2.24, 2.45) is 0 Å². The van der Waals surface area contributed by atoms with E-state index in [4.69, 9.17) is 0 Å². The number of hydrogen-bond acceptors (Lipinski definition) is 3. The molecule has 2 aromatic carbocycles. The molecule has 3 aromatic rings. The Morgan fingerprint density at radius 3 is 2.64 bits per heavy atom. The van der Waals surface area contributed by atoms with Gasteiger partial charge in [-0.05, 0) is 58.2 Å². The largest absolute Gasteiger partial charge is 0.348 e. The first-order valence-electron chi connectivity index (χ1n) is 7.93. The second-order valence-electron chi connectivity index (χ2n) is 5.71. The summed E-state index contributed by atoms with van der Waals surface area (Å²) < 4.78 is 0.952. The van der Waals surface area contributed by atoms with E-state index >= 15 is 0 Å². The lowest BCUT2D eigenvalue weighted by Crippen LogP contribution is -2.22. The first-order valence-corrected chi connectivity index (χ1v) is 8.72. The second kappa shape index (κ2) is 7.94. The summed E-state index contributed by atoms with van der Waals surface area (Å²) in [6.45, 7) is 2.53. The van der Waals surface area contributed by atoms with Crippen molar-refractivity contribution < 1.29 is 4.79 Å². The van der Waals surface area contributed by atoms with Crippen LogP contribution in [0, 0.1) is 6.92 Å². The van der Waals surface area contributed by atoms with Crippen LogP contribution in [0.2, 0.25) is 0 Å². The van der Waals surface area contributed by atoms with Crippen molar-refractivity contribution in [3.8, 4) is 0 Å². The smallest absolute Gasteiger partial charge is 0.251 e. The zero-order valence-electron chi connectivity index (χ0n) is 13.8. The molecule has 0 fully saturated rings. The van der Waals surface area contributed by atoms with E-state index in [9.17, 15) is 4.79 Å². The number of nitrogens with zero attached hydrogens (tertiary/aromatic N) is 1. The summed E-state index contributed by atoms with van der Waals surface area (Å²) in [5.41, 5.74) is 3.70. The lowest BCUT2D eigenvalue weighted by Gasteiger charge is -2.10. The summed E-state index contributed by atoms with van der Waals surface area (Å²) in [5.74, 6) is 0.495. The van der Waals surface area contributed by atoms with Crippen molar-refractivity contribution in [3.63, 3.8) is 0 Å². The predicted octanol–water partition coefficient (Wildman–Crippen LogP) is 4.83. The van der Waals surface area contributed by atoms with Crippen molar-refractivity contribution in [2.75, 3.05) is 5.32 Å². The lowest BCUT2D eigenvalue weighted by molar-refractivity contribution is 0.0951. The van der Waals surface area contributed by atoms with Crippen molar-refractivity contribution >= 4 is 33.3 Å². The zero-order valence-corrected chi connectivity index (χ0v) is 15.4. The molecule has 0 saturated heterocycles. The van der Waals surface area contributed by atoms with Crippen molar-refractivity contribution in [1.82, 2.24) is 10.3 Å². The van der Waals surface area contributed by atoms with Gasteiger partial charge in [0.15, 0.2) is 0 Å². The molecule has 2 N–H and O–H groups in total. The molecule has 0 aliphatic carbocycles. The molecule has 0 radical (unpaired) electrons. The molecule has 0 saturated carbocycles. The Morgan fingerprint density at radius 2 is 1.88 bits per heavy atom. The van der Waals surface area contributed by atoms with Gasteiger partial charge in [0.2, 0.25) is 0 Å². The minimum absolute atomic E-state index is 0.128. The molecule has 0 spiro atoms. The highest BCUT2D eigenvalue weighted by molar-refractivity contribution is 9.10. The topological polar surface area (TPSA) is 54.0 Å². The molecule has 0 aliphatic rings. The average Bonchev–Trinajstić information content (AvgIpc) is 2.63. The van der Waals surface area contributed by atoms with Crippen LogP contribution < -0.4 is 10.6 Å². The molecule has 1 amide bonds. The molecule has 0 unspecified atom stereocenters. The third kappa shape index (κ3) is 4.67. The van der Waals surface area contributed by atoms with E-state index in [2.05, 4.69) is 31.5 Å². The minimum Gasteiger partial charge on any atom is -0.348 e. The average molecular weight is 396 g/mol. The molecule has 0 atom stereocenters. The van der Waals surface area contributed by atoms with Gasteiger partial charge in [0.1, 0.15) is 5.82 Å². The fourth-order valence-electron chi connectivity index (χ4n) is 2.38. The van der Waals surface area contributed by atoms with Crippen molar-refractivity contribution in [3.05, 3.63) is 88.0 Å². The highest BCUT2D eigenvalue weighted by Gasteiger charge is 2.08. The van der Waals surface area contributed by atoms with Gasteiger partial charge in [-0.1, -0.05) is 36.4 Å². The molecule has 126 valence electrons. The van der Waals surface area contributed by atoms with Gasteiger partial charge in [0.25, 0.3) is 5.91 Å². The molecule has 3 rings (SSSR count). The van der Waals surface area contributed by atoms with Crippen LogP contribution in [0.15, 0.2) is 71.3 Å². The van der Waals surface area contributed by atoms with E-state index in [0.717, 1.165) is 15.7 Å². The van der Waals surface area contributed by atoms with Crippen molar-refractivity contribution in [1.29, 1.82) is 0 Å². The molecule has 0 aliphatic heterocycles. The number of halogens is 1. The Balaban J connectivity index is 1.69. The standard InChI is InChI=1S/C20H18BrN3O/c1-14-7-8-18(17(21)11-14)24-19-12-16(9-10-22-19)20(25)23-13-15-5-3-2-4-6-15/h2-12H,13H2,1H3,(H,22,24)(H,23,25). The number of pyridine rings is 1. The van der Waals surface area contributed by atoms with Crippen LogP contribution in [0.4, 0.5) is 11.5 Å². The Labute approximate surface area is 155 Å². The zero-order chi connectivity index (χ0) is 17.6. The van der Waals surface area contributed by atoms with E-state index in [1.807, 2.05) is 55.5 Å². The second-order valence-corrected chi connectivity index (χ2v) is 6.56. The Morgan fingerprint density at radius 1 is 1.08 bits per heavy atom. The maximum atomic E-state index is 12.4. The maximum absolute atomic E-state index is 12.4. The number of anilines is 2. The highest BCUT2D eigenvalue weighted by atomic mass is 79.9. The number of carbonyl (C=O) groups is 1. The van der Waals surface area contributed by atoms with E-state index in [1.54, 1.807) is 18.3 Å². The summed E-state index contributed by atoms with van der Waals surface area (Å²) in [6, 6.07) is 19.3. The lowest BCUT2D eigenvalue weighted by atomic mass is 10.2. The number of nitrogens with one attached hydrogen (secondary N) is 2. The quantitative estimate of drug-likeness (QED) is 0.650. The Bertz CT molecular complexity index is 881. The molecule has 1 heterocycles. The van der Waals surface area contributed by atoms with Crippen LogP contribution >= 0.6 is 15.9 Å². The maximum Gasteiger partial charge on any atom is 0.251 e. The summed E-state index contributed by atoms with van der Waals surface area (Å²) in [5, 5.41) is 6.15. The van der Waals surface area contributed by atoms with Crippen LogP contribution in [0.25, 0.3) is 0 Å². The summed E-state index contributed by atoms with van der Waals surface area (Å²) in [4.78, 5) is 16.6. The number of amides is 1. The van der Waals surface area contributed by atoms with Crippen LogP contribution in [-0.4, -0.2) is 10.9 Å². The number of hydrogen-bond donors (Lipinski definition) is 2. The predicted molar refractivity (Wildman–Crippen MR) is 104 cm³/mol. The normalized spacial score (nSPS) is 10.3. The van der Waals surface area contributed by atoms with Crippen molar-refractivity contribution in [2.45, 2.75) is 13.5 Å². The summed E-state index contributed by atoms with van der Waals surface area (Å²) in [6.07, 6.45) is 1.63. The van der Waals surface area contributed by atoms with Gasteiger partial charge in [-0.15, -0.1) is 0 Å². The van der Waals surface area contributed by atoms with Crippen LogP contribution in [-0.2, 0) is 6.54 Å². The third-order valence-corrected chi connectivity index (χ3v) is 4.36. The number of rotatable bonds is 5. The summed E-state index contributed by atoms with van der Waals surface area (Å²) in [7, 11) is 0. The molecule has 1 aromatic heterocycles. The van der Waals surface area contributed by atoms with Gasteiger partial charge in [0, 0.05) is 22.8 Å². The monoisotopic (exact) mass is 395 g/mol. The minimum atomic E-state index is -0.128. The SMILES string of the molecule is Cc1ccc(Nc2cc(C(=O)NCc3ccccc3)ccn2)c(Br)c1. The number of aromatic nitrogens is 1. The van der Waals surface area contributed by atoms with Gasteiger partial charge in [-0.3, -0.25) is 4.79 Å². The van der Waals surface area contributed by atoms with Gasteiger partial charge >= 0.3 is 0 Å². The molecule has 25 heavy (non-hydrogen) atoms.